The fourth-order valence-corrected chi connectivity index (χ4v) is 5.03. The van der Waals surface area contributed by atoms with Gasteiger partial charge in [-0.3, -0.25) is 9.59 Å². The summed E-state index contributed by atoms with van der Waals surface area (Å²) in [4.78, 5) is 27.5. The van der Waals surface area contributed by atoms with E-state index in [1.807, 2.05) is 0 Å². The summed E-state index contributed by atoms with van der Waals surface area (Å²) < 4.78 is 35.3. The number of sulfonamides is 1. The molecule has 2 aromatic rings. The lowest BCUT2D eigenvalue weighted by Crippen LogP contribution is -2.39. The Hall–Kier alpha value is -3.80. The summed E-state index contributed by atoms with van der Waals surface area (Å²) in [5.74, 6) is -0.401. The number of hydrogen-bond acceptors (Lipinski definition) is 8. The maximum atomic E-state index is 13.0. The maximum Gasteiger partial charge on any atom is 0.292 e. The van der Waals surface area contributed by atoms with E-state index < -0.39 is 32.8 Å². The number of likely N-dealkylation sites (N-methyl/N-ethyl adjacent to an activating group) is 1. The Kier molecular flexibility index (Phi) is 5.86. The number of aromatic hydroxyl groups is 1. The first-order valence-electron chi connectivity index (χ1n) is 10.5. The summed E-state index contributed by atoms with van der Waals surface area (Å²) >= 11 is 0. The highest BCUT2D eigenvalue weighted by Gasteiger charge is 2.41. The molecule has 3 N–H and O–H groups in total. The van der Waals surface area contributed by atoms with E-state index in [0.717, 1.165) is 0 Å². The summed E-state index contributed by atoms with van der Waals surface area (Å²) in [6, 6.07) is 7.60. The van der Waals surface area contributed by atoms with Crippen molar-refractivity contribution in [2.45, 2.75) is 19.4 Å². The summed E-state index contributed by atoms with van der Waals surface area (Å²) in [6.07, 6.45) is 0.456. The number of nitrogens with zero attached hydrogens (tertiary/aromatic N) is 3. The fourth-order valence-electron chi connectivity index (χ4n) is 3.77. The minimum atomic E-state index is -4.33. The van der Waals surface area contributed by atoms with Crippen LogP contribution in [-0.4, -0.2) is 68.7 Å². The molecule has 0 saturated carbocycles. The van der Waals surface area contributed by atoms with Crippen LogP contribution in [0, 0.1) is 6.92 Å². The Morgan fingerprint density at radius 2 is 2.03 bits per heavy atom. The molecule has 1 aromatic carbocycles. The predicted molar refractivity (Wildman–Crippen MR) is 125 cm³/mol. The lowest BCUT2D eigenvalue weighted by atomic mass is 10.1. The molecular formula is C22H25N5O6S. The van der Waals surface area contributed by atoms with Crippen LogP contribution in [0.2, 0.25) is 0 Å². The van der Waals surface area contributed by atoms with Crippen molar-refractivity contribution in [2.75, 3.05) is 33.0 Å². The third-order valence-electron chi connectivity index (χ3n) is 5.58. The molecule has 0 radical (unpaired) electrons. The molecule has 0 saturated heterocycles. The van der Waals surface area contributed by atoms with Crippen LogP contribution in [-0.2, 0) is 14.8 Å². The molecule has 1 aromatic heterocycles. The zero-order chi connectivity index (χ0) is 24.8. The van der Waals surface area contributed by atoms with Gasteiger partial charge in [0.25, 0.3) is 21.8 Å². The molecule has 34 heavy (non-hydrogen) atoms. The Labute approximate surface area is 196 Å². The minimum absolute atomic E-state index is 0.0241. The summed E-state index contributed by atoms with van der Waals surface area (Å²) in [6.45, 7) is 2.09. The Morgan fingerprint density at radius 3 is 2.68 bits per heavy atom. The van der Waals surface area contributed by atoms with E-state index in [2.05, 4.69) is 15.0 Å². The topological polar surface area (TPSA) is 145 Å². The van der Waals surface area contributed by atoms with E-state index in [-0.39, 0.29) is 28.5 Å². The smallest absolute Gasteiger partial charge is 0.292 e. The number of carbonyl (C=O) groups is 2. The normalized spacial score (nSPS) is 19.6. The number of para-hydroxylation sites is 1. The van der Waals surface area contributed by atoms with Gasteiger partial charge in [0.2, 0.25) is 0 Å². The summed E-state index contributed by atoms with van der Waals surface area (Å²) in [5, 5.41) is 16.6. The molecule has 180 valence electrons. The van der Waals surface area contributed by atoms with Crippen LogP contribution in [0.25, 0.3) is 0 Å². The SMILES string of the molecule is Cc1ccc([C@H]2CCN(C)C(=O)C3=C(N2)C(Nc2cccc(C(=O)N(C)C)c2O)=NS3(=O)=O)o1. The van der Waals surface area contributed by atoms with Gasteiger partial charge in [-0.05, 0) is 37.6 Å². The number of rotatable bonds is 3. The van der Waals surface area contributed by atoms with Gasteiger partial charge in [0.1, 0.15) is 17.2 Å². The number of nitrogens with one attached hydrogen (secondary N) is 2. The van der Waals surface area contributed by atoms with Crippen LogP contribution < -0.4 is 10.6 Å². The Balaban J connectivity index is 1.78. The number of phenols is 1. The van der Waals surface area contributed by atoms with Gasteiger partial charge in [0.15, 0.2) is 16.5 Å². The number of furan rings is 1. The van der Waals surface area contributed by atoms with E-state index in [4.69, 9.17) is 4.42 Å². The van der Waals surface area contributed by atoms with E-state index >= 15 is 0 Å². The van der Waals surface area contributed by atoms with Crippen molar-refractivity contribution in [1.82, 2.24) is 15.1 Å². The third-order valence-corrected chi connectivity index (χ3v) is 6.89. The van der Waals surface area contributed by atoms with Gasteiger partial charge in [-0.15, -0.1) is 4.40 Å². The van der Waals surface area contributed by atoms with Gasteiger partial charge in [-0.2, -0.15) is 8.42 Å². The van der Waals surface area contributed by atoms with E-state index in [9.17, 15) is 23.1 Å². The average Bonchev–Trinajstić information content (AvgIpc) is 3.30. The van der Waals surface area contributed by atoms with E-state index in [0.29, 0.717) is 24.5 Å². The van der Waals surface area contributed by atoms with Crippen molar-refractivity contribution in [1.29, 1.82) is 0 Å². The van der Waals surface area contributed by atoms with Crippen molar-refractivity contribution >= 4 is 33.4 Å². The van der Waals surface area contributed by atoms with Gasteiger partial charge in [0, 0.05) is 27.7 Å². The van der Waals surface area contributed by atoms with Gasteiger partial charge < -0.3 is 30.0 Å². The number of anilines is 1. The van der Waals surface area contributed by atoms with Crippen molar-refractivity contribution in [3.8, 4) is 5.75 Å². The third kappa shape index (κ3) is 4.12. The molecule has 0 unspecified atom stereocenters. The molecule has 0 aliphatic carbocycles. The lowest BCUT2D eigenvalue weighted by molar-refractivity contribution is -0.125. The number of amides is 2. The molecule has 4 rings (SSSR count). The highest BCUT2D eigenvalue weighted by molar-refractivity contribution is 7.95. The van der Waals surface area contributed by atoms with Crippen LogP contribution in [0.4, 0.5) is 5.69 Å². The van der Waals surface area contributed by atoms with Crippen LogP contribution >= 0.6 is 0 Å². The second-order valence-electron chi connectivity index (χ2n) is 8.31. The first-order valence-corrected chi connectivity index (χ1v) is 11.9. The molecule has 2 aliphatic heterocycles. The van der Waals surface area contributed by atoms with E-state index in [1.54, 1.807) is 33.2 Å². The minimum Gasteiger partial charge on any atom is -0.505 e. The second kappa shape index (κ2) is 8.52. The lowest BCUT2D eigenvalue weighted by Gasteiger charge is -2.27. The molecule has 3 heterocycles. The van der Waals surface area contributed by atoms with E-state index in [1.165, 1.54) is 35.0 Å². The predicted octanol–water partition coefficient (Wildman–Crippen LogP) is 1.55. The Bertz CT molecular complexity index is 1340. The standard InChI is InChI=1S/C22H25N5O6S/c1-12-8-9-16(33-12)14-10-11-27(4)22(30)19-17(23-14)20(25-34(19,31)32)24-15-7-5-6-13(18(15)28)21(29)26(2)3/h5-9,14,23,28H,10-11H2,1-4H3,(H,24,25)/t14-/m1/s1. The average molecular weight is 488 g/mol. The number of amidine groups is 1. The molecule has 12 heteroatoms. The molecule has 2 amide bonds. The number of phenolic OH excluding ortho intramolecular Hbond substituents is 1. The first-order chi connectivity index (χ1) is 16.0. The molecule has 11 nitrogen and oxygen atoms in total. The van der Waals surface area contributed by atoms with Gasteiger partial charge >= 0.3 is 0 Å². The highest BCUT2D eigenvalue weighted by Crippen LogP contribution is 2.34. The molecule has 0 bridgehead atoms. The van der Waals surface area contributed by atoms with Crippen molar-refractivity contribution in [2.24, 2.45) is 4.40 Å². The van der Waals surface area contributed by atoms with Gasteiger partial charge in [-0.1, -0.05) is 6.07 Å². The fraction of sp³-hybridized carbons (Fsp3) is 0.318. The van der Waals surface area contributed by atoms with Gasteiger partial charge in [0.05, 0.1) is 17.3 Å². The number of benzene rings is 1. The van der Waals surface area contributed by atoms with Crippen LogP contribution in [0.15, 0.2) is 49.7 Å². The number of aryl methyl sites for hydroxylation is 1. The monoisotopic (exact) mass is 487 g/mol. The van der Waals surface area contributed by atoms with Crippen molar-refractivity contribution in [3.05, 3.63) is 58.0 Å². The largest absolute Gasteiger partial charge is 0.505 e. The quantitative estimate of drug-likeness (QED) is 0.553. The number of hydrogen-bond donors (Lipinski definition) is 3. The molecular weight excluding hydrogens is 462 g/mol. The molecule has 0 fully saturated rings. The first kappa shape index (κ1) is 23.4. The molecule has 0 spiro atoms. The summed E-state index contributed by atoms with van der Waals surface area (Å²) in [5.41, 5.74) is 0.0563. The molecule has 2 aliphatic rings. The molecule has 1 atom stereocenters. The van der Waals surface area contributed by atoms with Crippen molar-refractivity contribution in [3.63, 3.8) is 0 Å². The zero-order valence-corrected chi connectivity index (χ0v) is 19.9. The Morgan fingerprint density at radius 1 is 1.29 bits per heavy atom. The number of carbonyl (C=O) groups excluding carboxylic acids is 2. The van der Waals surface area contributed by atoms with Gasteiger partial charge in [-0.25, -0.2) is 0 Å². The van der Waals surface area contributed by atoms with Crippen LogP contribution in [0.5, 0.6) is 5.75 Å². The van der Waals surface area contributed by atoms with Crippen LogP contribution in [0.1, 0.15) is 34.3 Å². The summed E-state index contributed by atoms with van der Waals surface area (Å²) in [7, 11) is 0.283. The second-order valence-corrected chi connectivity index (χ2v) is 9.85. The van der Waals surface area contributed by atoms with Crippen molar-refractivity contribution < 1.29 is 27.5 Å². The maximum absolute atomic E-state index is 13.0. The van der Waals surface area contributed by atoms with Crippen LogP contribution in [0.3, 0.4) is 0 Å². The highest BCUT2D eigenvalue weighted by atomic mass is 32.2. The zero-order valence-electron chi connectivity index (χ0n) is 19.1.